The zero-order valence-corrected chi connectivity index (χ0v) is 22.0. The van der Waals surface area contributed by atoms with Crippen molar-refractivity contribution in [2.24, 2.45) is 50.3 Å². The molecule has 0 amide bonds. The Morgan fingerprint density at radius 3 is 2.34 bits per heavy atom. The first-order valence-electron chi connectivity index (χ1n) is 13.3. The first-order valence-corrected chi connectivity index (χ1v) is 13.3. The minimum absolute atomic E-state index is 0.0242. The first-order chi connectivity index (χ1) is 16.3. The largest absolute Gasteiger partial charge is 0.295 e. The summed E-state index contributed by atoms with van der Waals surface area (Å²) < 4.78 is 0. The zero-order valence-electron chi connectivity index (χ0n) is 22.0. The lowest BCUT2D eigenvalue weighted by Gasteiger charge is -2.68. The van der Waals surface area contributed by atoms with Crippen LogP contribution in [0.3, 0.4) is 0 Å². The molecule has 5 aliphatic carbocycles. The van der Waals surface area contributed by atoms with Crippen molar-refractivity contribution in [3.05, 3.63) is 23.3 Å². The lowest BCUT2D eigenvalue weighted by Crippen LogP contribution is -2.65. The summed E-state index contributed by atoms with van der Waals surface area (Å²) in [7, 11) is 0. The smallest absolute Gasteiger partial charge is 0.235 e. The van der Waals surface area contributed by atoms with E-state index in [1.165, 1.54) is 0 Å². The molecule has 0 radical (unpaired) electrons. The number of fused-ring (bicyclic) bond motifs is 7. The number of isocyanates is 1. The van der Waals surface area contributed by atoms with Crippen LogP contribution < -0.4 is 0 Å². The number of allylic oxidation sites excluding steroid dienone is 4. The monoisotopic (exact) mass is 474 g/mol. The second-order valence-electron chi connectivity index (χ2n) is 13.7. The third-order valence-corrected chi connectivity index (χ3v) is 11.7. The number of nitrogens with zero attached hydrogens (tertiary/aromatic N) is 2. The lowest BCUT2D eigenvalue weighted by atomic mass is 9.36. The van der Waals surface area contributed by atoms with Gasteiger partial charge in [0.25, 0.3) is 0 Å². The maximum absolute atomic E-state index is 14.2. The first kappa shape index (κ1) is 24.4. The van der Waals surface area contributed by atoms with Crippen molar-refractivity contribution in [2.45, 2.75) is 92.0 Å². The number of ketones is 2. The van der Waals surface area contributed by atoms with Crippen molar-refractivity contribution in [2.75, 3.05) is 0 Å². The Balaban J connectivity index is 1.69. The fraction of sp³-hybridized carbons (Fsp3) is 0.733. The van der Waals surface area contributed by atoms with Crippen molar-refractivity contribution >= 4 is 17.6 Å². The van der Waals surface area contributed by atoms with E-state index in [0.717, 1.165) is 50.5 Å². The van der Waals surface area contributed by atoms with Crippen LogP contribution in [0.4, 0.5) is 0 Å². The number of hydrogen-bond acceptors (Lipinski definition) is 5. The van der Waals surface area contributed by atoms with Gasteiger partial charge in [0.2, 0.25) is 6.08 Å². The van der Waals surface area contributed by atoms with Crippen molar-refractivity contribution in [3.63, 3.8) is 0 Å². The molecule has 0 aliphatic heterocycles. The van der Waals surface area contributed by atoms with E-state index >= 15 is 0 Å². The number of Topliss-reactive ketones (excluding diaryl/α,β-unsaturated/α-hetero) is 1. The average molecular weight is 475 g/mol. The van der Waals surface area contributed by atoms with E-state index in [2.05, 4.69) is 45.7 Å². The molecule has 3 fully saturated rings. The summed E-state index contributed by atoms with van der Waals surface area (Å²) in [6.45, 7) is 13.3. The molecule has 0 aromatic rings. The SMILES string of the molecule is C[C@@H]1C(=O)C(C#N)=C[C@]2(C)C3=CC(=O)[C@H]4C5CC(C)(C)CC[C@]5(N=C=O)CC[C@@]4(C)[C@]3(C)CC[C@@H]12. The molecule has 35 heavy (non-hydrogen) atoms. The molecule has 3 saturated carbocycles. The highest BCUT2D eigenvalue weighted by Crippen LogP contribution is 2.72. The molecule has 5 rings (SSSR count). The van der Waals surface area contributed by atoms with Gasteiger partial charge in [-0.3, -0.25) is 9.59 Å². The van der Waals surface area contributed by atoms with Crippen LogP contribution in [-0.4, -0.2) is 23.2 Å². The van der Waals surface area contributed by atoms with Gasteiger partial charge in [-0.05, 0) is 79.1 Å². The summed E-state index contributed by atoms with van der Waals surface area (Å²) in [4.78, 5) is 43.0. The van der Waals surface area contributed by atoms with Gasteiger partial charge in [0.1, 0.15) is 6.07 Å². The molecule has 0 heterocycles. The molecule has 0 aromatic carbocycles. The Morgan fingerprint density at radius 2 is 1.69 bits per heavy atom. The average Bonchev–Trinajstić information content (AvgIpc) is 2.79. The van der Waals surface area contributed by atoms with Gasteiger partial charge in [-0.2, -0.15) is 10.3 Å². The minimum atomic E-state index is -0.490. The van der Waals surface area contributed by atoms with Gasteiger partial charge in [-0.15, -0.1) is 0 Å². The lowest BCUT2D eigenvalue weighted by molar-refractivity contribution is -0.155. The van der Waals surface area contributed by atoms with E-state index in [0.29, 0.717) is 0 Å². The highest BCUT2D eigenvalue weighted by atomic mass is 16.1. The number of carbonyl (C=O) groups excluding carboxylic acids is 3. The molecule has 0 N–H and O–H groups in total. The molecular formula is C30H38N2O3. The normalized spacial score (nSPS) is 48.0. The van der Waals surface area contributed by atoms with Crippen molar-refractivity contribution in [1.82, 2.24) is 0 Å². The minimum Gasteiger partial charge on any atom is -0.295 e. The Kier molecular flexibility index (Phi) is 5.13. The maximum atomic E-state index is 14.2. The van der Waals surface area contributed by atoms with Crippen LogP contribution in [0.2, 0.25) is 0 Å². The molecule has 5 nitrogen and oxygen atoms in total. The van der Waals surface area contributed by atoms with Gasteiger partial charge in [0.15, 0.2) is 11.6 Å². The number of nitriles is 1. The van der Waals surface area contributed by atoms with Gasteiger partial charge in [-0.1, -0.05) is 53.2 Å². The quantitative estimate of drug-likeness (QED) is 0.349. The summed E-state index contributed by atoms with van der Waals surface area (Å²) in [5.74, 6) is -0.226. The molecule has 0 spiro atoms. The molecule has 186 valence electrons. The van der Waals surface area contributed by atoms with Gasteiger partial charge in [0, 0.05) is 17.3 Å². The number of carbonyl (C=O) groups is 2. The Bertz CT molecular complexity index is 1170. The molecule has 5 heteroatoms. The third kappa shape index (κ3) is 2.99. The van der Waals surface area contributed by atoms with Crippen LogP contribution in [-0.2, 0) is 14.4 Å². The Morgan fingerprint density at radius 1 is 1.00 bits per heavy atom. The van der Waals surface area contributed by atoms with Crippen LogP contribution in [0.25, 0.3) is 0 Å². The summed E-state index contributed by atoms with van der Waals surface area (Å²) >= 11 is 0. The number of rotatable bonds is 1. The standard InChI is InChI=1S/C30H38N2O3/c1-18-20-7-8-28(5)23(27(20,4)14-19(16-31)25(18)35)13-22(34)24-21-15-26(2,3)9-11-30(21,32-17-33)12-10-29(24,28)6/h13-14,18,20-21,24H,7-12,15H2,1-6H3/t18-,20-,21?,24+,27-,28+,29+,30-/m0/s1. The number of aliphatic imine (C=N–C) groups is 1. The molecule has 1 unspecified atom stereocenters. The van der Waals surface area contributed by atoms with Gasteiger partial charge in [0.05, 0.1) is 11.1 Å². The fourth-order valence-electron chi connectivity index (χ4n) is 9.51. The van der Waals surface area contributed by atoms with Crippen LogP contribution >= 0.6 is 0 Å². The van der Waals surface area contributed by atoms with Crippen molar-refractivity contribution in [1.29, 1.82) is 5.26 Å². The maximum Gasteiger partial charge on any atom is 0.235 e. The molecule has 5 aliphatic rings. The zero-order chi connectivity index (χ0) is 25.6. The third-order valence-electron chi connectivity index (χ3n) is 11.7. The molecule has 0 saturated heterocycles. The van der Waals surface area contributed by atoms with Crippen LogP contribution in [0.1, 0.15) is 86.5 Å². The fourth-order valence-corrected chi connectivity index (χ4v) is 9.51. The van der Waals surface area contributed by atoms with Crippen LogP contribution in [0.5, 0.6) is 0 Å². The van der Waals surface area contributed by atoms with E-state index in [1.807, 2.05) is 25.2 Å². The van der Waals surface area contributed by atoms with Gasteiger partial charge in [-0.25, -0.2) is 4.79 Å². The number of hydrogen-bond donors (Lipinski definition) is 0. The van der Waals surface area contributed by atoms with E-state index in [4.69, 9.17) is 0 Å². The van der Waals surface area contributed by atoms with E-state index in [1.54, 1.807) is 0 Å². The summed E-state index contributed by atoms with van der Waals surface area (Å²) in [6, 6.07) is 2.14. The molecular weight excluding hydrogens is 436 g/mol. The molecule has 0 bridgehead atoms. The van der Waals surface area contributed by atoms with E-state index in [9.17, 15) is 19.6 Å². The molecule has 8 atom stereocenters. The summed E-state index contributed by atoms with van der Waals surface area (Å²) in [5.41, 5.74) is -0.0316. The van der Waals surface area contributed by atoms with E-state index < -0.39 is 11.0 Å². The Labute approximate surface area is 209 Å². The highest BCUT2D eigenvalue weighted by molar-refractivity contribution is 6.02. The Hall–Kier alpha value is -2.31. The van der Waals surface area contributed by atoms with E-state index in [-0.39, 0.29) is 57.1 Å². The summed E-state index contributed by atoms with van der Waals surface area (Å²) in [6.07, 6.45) is 11.8. The van der Waals surface area contributed by atoms with Gasteiger partial charge < -0.3 is 0 Å². The summed E-state index contributed by atoms with van der Waals surface area (Å²) in [5, 5.41) is 9.72. The van der Waals surface area contributed by atoms with Gasteiger partial charge >= 0.3 is 0 Å². The van der Waals surface area contributed by atoms with Crippen LogP contribution in [0.15, 0.2) is 28.3 Å². The van der Waals surface area contributed by atoms with Crippen LogP contribution in [0, 0.1) is 56.7 Å². The van der Waals surface area contributed by atoms with Crippen molar-refractivity contribution < 1.29 is 14.4 Å². The van der Waals surface area contributed by atoms with Crippen molar-refractivity contribution in [3.8, 4) is 6.07 Å². The topological polar surface area (TPSA) is 87.4 Å². The predicted octanol–water partition coefficient (Wildman–Crippen LogP) is 5.90. The second-order valence-corrected chi connectivity index (χ2v) is 13.7. The second kappa shape index (κ2) is 7.36. The molecule has 0 aromatic heterocycles. The highest BCUT2D eigenvalue weighted by Gasteiger charge is 2.69. The predicted molar refractivity (Wildman–Crippen MR) is 133 cm³/mol.